The summed E-state index contributed by atoms with van der Waals surface area (Å²) in [4.78, 5) is 16.8. The van der Waals surface area contributed by atoms with Crippen LogP contribution in [-0.4, -0.2) is 26.0 Å². The lowest BCUT2D eigenvalue weighted by atomic mass is 10.2. The van der Waals surface area contributed by atoms with E-state index in [1.807, 2.05) is 19.1 Å². The molecule has 6 nitrogen and oxygen atoms in total. The summed E-state index contributed by atoms with van der Waals surface area (Å²) < 4.78 is 10.3. The van der Waals surface area contributed by atoms with Gasteiger partial charge in [-0.1, -0.05) is 22.9 Å². The van der Waals surface area contributed by atoms with Crippen LogP contribution in [0.2, 0.25) is 0 Å². The first kappa shape index (κ1) is 16.4. The third kappa shape index (κ3) is 4.00. The van der Waals surface area contributed by atoms with Gasteiger partial charge in [0.15, 0.2) is 17.3 Å². The van der Waals surface area contributed by atoms with Crippen LogP contribution in [0.4, 0.5) is 0 Å². The number of oxime groups is 1. The normalized spacial score (nSPS) is 11.0. The number of nitrogens with two attached hydrogens (primary N) is 1. The molecule has 2 aromatic rings. The van der Waals surface area contributed by atoms with Crippen molar-refractivity contribution in [2.24, 2.45) is 10.9 Å². The Hall–Kier alpha value is -3.02. The summed E-state index contributed by atoms with van der Waals surface area (Å²) in [5.41, 5.74) is 7.85. The van der Waals surface area contributed by atoms with E-state index < -0.39 is 5.97 Å². The lowest BCUT2D eigenvalue weighted by Gasteiger charge is -2.09. The van der Waals surface area contributed by atoms with Gasteiger partial charge in [-0.2, -0.15) is 0 Å². The first-order chi connectivity index (χ1) is 11.0. The van der Waals surface area contributed by atoms with Gasteiger partial charge in [-0.15, -0.1) is 0 Å². The monoisotopic (exact) mass is 314 g/mol. The van der Waals surface area contributed by atoms with Crippen molar-refractivity contribution in [3.05, 3.63) is 59.2 Å². The second kappa shape index (κ2) is 7.31. The Kier molecular flexibility index (Phi) is 5.19. The Morgan fingerprint density at radius 1 is 0.957 bits per heavy atom. The van der Waals surface area contributed by atoms with Crippen LogP contribution >= 0.6 is 0 Å². The van der Waals surface area contributed by atoms with Crippen molar-refractivity contribution in [1.29, 1.82) is 0 Å². The highest BCUT2D eigenvalue weighted by molar-refractivity contribution is 5.98. The predicted molar refractivity (Wildman–Crippen MR) is 86.9 cm³/mol. The zero-order chi connectivity index (χ0) is 16.8. The van der Waals surface area contributed by atoms with Gasteiger partial charge in [0.25, 0.3) is 0 Å². The average molecular weight is 314 g/mol. The zero-order valence-electron chi connectivity index (χ0n) is 13.2. The van der Waals surface area contributed by atoms with Crippen LogP contribution in [0.1, 0.15) is 21.5 Å². The largest absolute Gasteiger partial charge is 0.493 e. The number of carbonyl (C=O) groups is 1. The fourth-order valence-corrected chi connectivity index (χ4v) is 1.88. The molecule has 0 saturated heterocycles. The molecule has 0 unspecified atom stereocenters. The van der Waals surface area contributed by atoms with Crippen LogP contribution in [0.3, 0.4) is 0 Å². The van der Waals surface area contributed by atoms with Crippen LogP contribution in [0.15, 0.2) is 47.6 Å². The summed E-state index contributed by atoms with van der Waals surface area (Å²) in [6, 6.07) is 12.0. The van der Waals surface area contributed by atoms with E-state index in [2.05, 4.69) is 5.16 Å². The third-order valence-electron chi connectivity index (χ3n) is 3.19. The van der Waals surface area contributed by atoms with Gasteiger partial charge in [-0.3, -0.25) is 0 Å². The van der Waals surface area contributed by atoms with Crippen molar-refractivity contribution in [3.63, 3.8) is 0 Å². The highest BCUT2D eigenvalue weighted by atomic mass is 16.7. The second-order valence-electron chi connectivity index (χ2n) is 4.79. The number of carbonyl (C=O) groups excluding carboxylic acids is 1. The number of ether oxygens (including phenoxy) is 2. The van der Waals surface area contributed by atoms with Gasteiger partial charge >= 0.3 is 5.97 Å². The van der Waals surface area contributed by atoms with Crippen molar-refractivity contribution in [1.82, 2.24) is 0 Å². The van der Waals surface area contributed by atoms with Gasteiger partial charge in [0.1, 0.15) is 0 Å². The molecule has 0 spiro atoms. The van der Waals surface area contributed by atoms with Crippen LogP contribution in [0, 0.1) is 6.92 Å². The van der Waals surface area contributed by atoms with Gasteiger partial charge in [0, 0.05) is 5.56 Å². The Morgan fingerprint density at radius 2 is 1.57 bits per heavy atom. The highest BCUT2D eigenvalue weighted by Crippen LogP contribution is 2.27. The van der Waals surface area contributed by atoms with E-state index in [0.717, 1.165) is 5.56 Å². The van der Waals surface area contributed by atoms with E-state index >= 15 is 0 Å². The zero-order valence-corrected chi connectivity index (χ0v) is 13.2. The summed E-state index contributed by atoms with van der Waals surface area (Å²) in [6.45, 7) is 1.93. The molecule has 6 heteroatoms. The molecule has 0 bridgehead atoms. The molecule has 2 aromatic carbocycles. The summed E-state index contributed by atoms with van der Waals surface area (Å²) in [6.07, 6.45) is 0. The Morgan fingerprint density at radius 3 is 2.17 bits per heavy atom. The molecule has 0 saturated carbocycles. The second-order valence-corrected chi connectivity index (χ2v) is 4.79. The van der Waals surface area contributed by atoms with E-state index in [-0.39, 0.29) is 5.84 Å². The molecule has 0 fully saturated rings. The molecule has 0 amide bonds. The number of aryl methyl sites for hydroxylation is 1. The highest BCUT2D eigenvalue weighted by Gasteiger charge is 2.10. The average Bonchev–Trinajstić information content (AvgIpc) is 2.59. The molecule has 120 valence electrons. The third-order valence-corrected chi connectivity index (χ3v) is 3.19. The number of hydrogen-bond donors (Lipinski definition) is 1. The molecule has 2 N–H and O–H groups in total. The van der Waals surface area contributed by atoms with Crippen LogP contribution in [0.5, 0.6) is 11.5 Å². The first-order valence-corrected chi connectivity index (χ1v) is 6.89. The van der Waals surface area contributed by atoms with E-state index in [1.54, 1.807) is 37.4 Å². The molecule has 2 rings (SSSR count). The predicted octanol–water partition coefficient (Wildman–Crippen LogP) is 2.49. The van der Waals surface area contributed by atoms with Crippen molar-refractivity contribution in [2.45, 2.75) is 6.92 Å². The Bertz CT molecular complexity index is 724. The summed E-state index contributed by atoms with van der Waals surface area (Å²) in [7, 11) is 3.06. The van der Waals surface area contributed by atoms with Crippen molar-refractivity contribution >= 4 is 11.8 Å². The molecule has 0 aliphatic carbocycles. The topological polar surface area (TPSA) is 83.1 Å². The number of nitrogens with zero attached hydrogens (tertiary/aromatic N) is 1. The number of amidine groups is 1. The summed E-state index contributed by atoms with van der Waals surface area (Å²) >= 11 is 0. The van der Waals surface area contributed by atoms with E-state index in [9.17, 15) is 4.79 Å². The lowest BCUT2D eigenvalue weighted by molar-refractivity contribution is 0.0516. The van der Waals surface area contributed by atoms with Gasteiger partial charge in [-0.05, 0) is 37.3 Å². The minimum Gasteiger partial charge on any atom is -0.493 e. The number of hydrogen-bond acceptors (Lipinski definition) is 5. The molecule has 0 heterocycles. The van der Waals surface area contributed by atoms with Crippen LogP contribution < -0.4 is 15.2 Å². The number of benzene rings is 2. The number of methoxy groups -OCH3 is 2. The van der Waals surface area contributed by atoms with Gasteiger partial charge in [-0.25, -0.2) is 4.79 Å². The van der Waals surface area contributed by atoms with Crippen LogP contribution in [-0.2, 0) is 4.84 Å². The molecular formula is C17H18N2O4. The van der Waals surface area contributed by atoms with Gasteiger partial charge < -0.3 is 20.0 Å². The van der Waals surface area contributed by atoms with Crippen molar-refractivity contribution < 1.29 is 19.1 Å². The fraction of sp³-hybridized carbons (Fsp3) is 0.176. The molecule has 0 aliphatic rings. The molecule has 0 atom stereocenters. The quantitative estimate of drug-likeness (QED) is 0.397. The molecule has 0 aromatic heterocycles. The summed E-state index contributed by atoms with van der Waals surface area (Å²) in [5.74, 6) is 0.563. The molecule has 0 aliphatic heterocycles. The van der Waals surface area contributed by atoms with Gasteiger partial charge in [0.05, 0.1) is 19.8 Å². The molecular weight excluding hydrogens is 296 g/mol. The SMILES string of the molecule is COc1ccc(/C(N)=N/OC(=O)c2ccc(C)cc2)cc1OC. The van der Waals surface area contributed by atoms with Crippen molar-refractivity contribution in [3.8, 4) is 11.5 Å². The van der Waals surface area contributed by atoms with E-state index in [0.29, 0.717) is 22.6 Å². The standard InChI is InChI=1S/C17H18N2O4/c1-11-4-6-12(7-5-11)17(20)23-19-16(18)13-8-9-14(21-2)15(10-13)22-3/h4-10H,1-3H3,(H2,18,19). The minimum atomic E-state index is -0.576. The summed E-state index contributed by atoms with van der Waals surface area (Å²) in [5, 5.41) is 3.67. The molecule has 23 heavy (non-hydrogen) atoms. The van der Waals surface area contributed by atoms with Gasteiger partial charge in [0.2, 0.25) is 0 Å². The maximum absolute atomic E-state index is 11.9. The number of rotatable bonds is 5. The van der Waals surface area contributed by atoms with Crippen LogP contribution in [0.25, 0.3) is 0 Å². The Balaban J connectivity index is 2.13. The first-order valence-electron chi connectivity index (χ1n) is 6.89. The van der Waals surface area contributed by atoms with Crippen molar-refractivity contribution in [2.75, 3.05) is 14.2 Å². The minimum absolute atomic E-state index is 0.0615. The maximum Gasteiger partial charge on any atom is 0.365 e. The van der Waals surface area contributed by atoms with E-state index in [4.69, 9.17) is 20.0 Å². The fourth-order valence-electron chi connectivity index (χ4n) is 1.88. The van der Waals surface area contributed by atoms with E-state index in [1.165, 1.54) is 7.11 Å². The smallest absolute Gasteiger partial charge is 0.365 e. The maximum atomic E-state index is 11.9. The Labute approximate surface area is 134 Å². The molecule has 0 radical (unpaired) electrons. The lowest BCUT2D eigenvalue weighted by Crippen LogP contribution is -2.15.